The maximum atomic E-state index is 8.42. The van der Waals surface area contributed by atoms with E-state index in [9.17, 15) is 0 Å². The fraction of sp³-hybridized carbons (Fsp3) is 1.00. The van der Waals surface area contributed by atoms with E-state index in [0.29, 0.717) is 0 Å². The zero-order valence-corrected chi connectivity index (χ0v) is 15.2. The Morgan fingerprint density at radius 2 is 1.11 bits per heavy atom. The zero-order chi connectivity index (χ0) is 14.1. The van der Waals surface area contributed by atoms with Crippen molar-refractivity contribution in [3.8, 4) is 0 Å². The number of unbranched alkanes of at least 4 members (excludes halogenated alkanes) is 9. The predicted molar refractivity (Wildman–Crippen MR) is 63.6 cm³/mol. The molecule has 0 spiro atoms. The van der Waals surface area contributed by atoms with Gasteiger partial charge in [-0.25, -0.2) is 0 Å². The van der Waals surface area contributed by atoms with E-state index in [2.05, 4.69) is 6.92 Å². The van der Waals surface area contributed by atoms with E-state index < -0.39 is 7.32 Å². The smallest absolute Gasteiger partial charge is 0.278 e. The van der Waals surface area contributed by atoms with Crippen LogP contribution in [0, 0.1) is 34.3 Å². The number of rotatable bonds is 11. The van der Waals surface area contributed by atoms with Gasteiger partial charge in [0.1, 0.15) is 0 Å². The zero-order valence-electron chi connectivity index (χ0n) is 11.6. The quantitative estimate of drug-likeness (QED) is 0.383. The molecule has 0 aliphatic rings. The third-order valence-corrected chi connectivity index (χ3v) is 3.36. The van der Waals surface area contributed by atoms with E-state index in [1.807, 2.05) is 0 Å². The summed E-state index contributed by atoms with van der Waals surface area (Å²) in [6, 6.07) is 0. The monoisotopic (exact) mass is 383 g/mol. The number of hydrogen-bond acceptors (Lipinski definition) is 4. The summed E-state index contributed by atoms with van der Waals surface area (Å²) >= 11 is 0.735. The normalized spacial score (nSPS) is 9.89. The average molecular weight is 383 g/mol. The second kappa shape index (κ2) is 20.4. The van der Waals surface area contributed by atoms with Crippen molar-refractivity contribution >= 4 is 7.32 Å². The molecule has 0 N–H and O–H groups in total. The van der Waals surface area contributed by atoms with Crippen LogP contribution >= 0.6 is 0 Å². The van der Waals surface area contributed by atoms with Crippen LogP contribution in [0.1, 0.15) is 71.1 Å². The SMILES string of the molecule is CCCCCCCCCCCC[O][La+3].[O-]B([O-])[O-]. The molecule has 0 heterocycles. The summed E-state index contributed by atoms with van der Waals surface area (Å²) in [5.74, 6) is 0. The van der Waals surface area contributed by atoms with Crippen molar-refractivity contribution in [1.82, 2.24) is 0 Å². The van der Waals surface area contributed by atoms with E-state index >= 15 is 0 Å². The van der Waals surface area contributed by atoms with Crippen molar-refractivity contribution in [2.24, 2.45) is 0 Å². The minimum Gasteiger partial charge on any atom is -0.907 e. The Kier molecular flexibility index (Phi) is 24.3. The van der Waals surface area contributed by atoms with Crippen LogP contribution in [0.3, 0.4) is 0 Å². The fourth-order valence-corrected chi connectivity index (χ4v) is 2.20. The van der Waals surface area contributed by atoms with Crippen molar-refractivity contribution in [2.75, 3.05) is 6.61 Å². The van der Waals surface area contributed by atoms with Gasteiger partial charge >= 0.3 is 107 Å². The van der Waals surface area contributed by atoms with Gasteiger partial charge in [0.15, 0.2) is 0 Å². The van der Waals surface area contributed by atoms with E-state index in [0.717, 1.165) is 40.9 Å². The summed E-state index contributed by atoms with van der Waals surface area (Å²) in [7, 11) is -2.92. The predicted octanol–water partition coefficient (Wildman–Crippen LogP) is 0.440. The van der Waals surface area contributed by atoms with Gasteiger partial charge < -0.3 is 15.1 Å². The molecule has 0 amide bonds. The molecule has 0 aromatic rings. The van der Waals surface area contributed by atoms with Gasteiger partial charge in [0.25, 0.3) is 0 Å². The summed E-state index contributed by atoms with van der Waals surface area (Å²) < 4.78 is 5.18. The number of hydrogen-bond donors (Lipinski definition) is 0. The Labute approximate surface area is 135 Å². The molecule has 0 saturated heterocycles. The fourth-order valence-electron chi connectivity index (χ4n) is 1.67. The molecule has 18 heavy (non-hydrogen) atoms. The van der Waals surface area contributed by atoms with Crippen LogP contribution < -0.4 is 15.1 Å². The van der Waals surface area contributed by atoms with Gasteiger partial charge in [-0.2, -0.15) is 0 Å². The topological polar surface area (TPSA) is 78.4 Å². The molecule has 0 aliphatic heterocycles. The van der Waals surface area contributed by atoms with Crippen molar-refractivity contribution in [1.29, 1.82) is 0 Å². The summed E-state index contributed by atoms with van der Waals surface area (Å²) in [6.07, 6.45) is 14.1. The van der Waals surface area contributed by atoms with Gasteiger partial charge in [-0.3, -0.25) is 7.32 Å². The van der Waals surface area contributed by atoms with Crippen molar-refractivity contribution in [3.63, 3.8) is 0 Å². The van der Waals surface area contributed by atoms with Crippen LogP contribution in [-0.4, -0.2) is 13.9 Å². The third-order valence-electron chi connectivity index (χ3n) is 2.62. The first-order valence-corrected chi connectivity index (χ1v) is 8.42. The van der Waals surface area contributed by atoms with Gasteiger partial charge in [-0.1, -0.05) is 6.92 Å². The maximum Gasteiger partial charge on any atom is -0.278 e. The molecule has 6 heteroatoms. The molecule has 4 nitrogen and oxygen atoms in total. The Morgan fingerprint density at radius 3 is 1.44 bits per heavy atom. The van der Waals surface area contributed by atoms with E-state index in [-0.39, 0.29) is 0 Å². The van der Waals surface area contributed by atoms with Crippen LogP contribution in [0.15, 0.2) is 0 Å². The first-order valence-electron chi connectivity index (χ1n) is 6.94. The van der Waals surface area contributed by atoms with Gasteiger partial charge in [-0.05, 0) is 0 Å². The first-order chi connectivity index (χ1) is 8.65. The molecule has 0 unspecified atom stereocenters. The maximum absolute atomic E-state index is 8.42. The van der Waals surface area contributed by atoms with Crippen molar-refractivity contribution in [3.05, 3.63) is 0 Å². The molecular weight excluding hydrogens is 358 g/mol. The largest absolute Gasteiger partial charge is 0.907 e. The molecule has 0 aromatic heterocycles. The van der Waals surface area contributed by atoms with Gasteiger partial charge in [0, 0.05) is 0 Å². The molecule has 0 atom stereocenters. The van der Waals surface area contributed by atoms with Crippen molar-refractivity contribution < 1.29 is 51.0 Å². The van der Waals surface area contributed by atoms with E-state index in [4.69, 9.17) is 16.8 Å². The molecule has 0 rings (SSSR count). The molecule has 0 saturated carbocycles. The second-order valence-corrected chi connectivity index (χ2v) is 5.39. The molecular formula is C12H25BLaO4. The second-order valence-electron chi connectivity index (χ2n) is 4.34. The van der Waals surface area contributed by atoms with Crippen LogP contribution in [0.25, 0.3) is 0 Å². The van der Waals surface area contributed by atoms with Crippen LogP contribution in [0.4, 0.5) is 0 Å². The standard InChI is InChI=1S/C12H25O.BO3.La/c1-2-3-4-5-6-7-8-9-10-11-12-13;2-1(3)4;/h2-12H2,1H3;;/q-1;-3;+4. The minimum absolute atomic E-state index is 0.735. The summed E-state index contributed by atoms with van der Waals surface area (Å²) in [4.78, 5) is 0. The van der Waals surface area contributed by atoms with Crippen LogP contribution in [-0.2, 0) is 1.70 Å². The summed E-state index contributed by atoms with van der Waals surface area (Å²) in [6.45, 7) is 3.29. The molecule has 0 aliphatic carbocycles. The van der Waals surface area contributed by atoms with Gasteiger partial charge in [0.2, 0.25) is 0 Å². The van der Waals surface area contributed by atoms with Crippen LogP contribution in [0.2, 0.25) is 0 Å². The Hall–Kier alpha value is 1.10. The average Bonchev–Trinajstić information content (AvgIpc) is 2.31. The Morgan fingerprint density at radius 1 is 0.778 bits per heavy atom. The molecule has 0 fully saturated rings. The molecule has 0 aromatic carbocycles. The Bertz CT molecular complexity index is 124. The van der Waals surface area contributed by atoms with E-state index in [1.54, 1.807) is 0 Å². The first kappa shape index (κ1) is 21.4. The minimum atomic E-state index is -2.92. The molecule has 103 valence electrons. The summed E-state index contributed by atoms with van der Waals surface area (Å²) in [5.41, 5.74) is 0. The van der Waals surface area contributed by atoms with E-state index in [1.165, 1.54) is 64.2 Å². The molecule has 0 radical (unpaired) electrons. The van der Waals surface area contributed by atoms with Gasteiger partial charge in [0.05, 0.1) is 0 Å². The van der Waals surface area contributed by atoms with Gasteiger partial charge in [-0.15, -0.1) is 0 Å². The van der Waals surface area contributed by atoms with Crippen molar-refractivity contribution in [2.45, 2.75) is 71.1 Å². The molecule has 0 bridgehead atoms. The van der Waals surface area contributed by atoms with Crippen LogP contribution in [0.5, 0.6) is 0 Å². The third kappa shape index (κ3) is 30.3. The Balaban J connectivity index is 0. The summed E-state index contributed by atoms with van der Waals surface area (Å²) in [5, 5.41) is 25.2.